The van der Waals surface area contributed by atoms with E-state index in [-0.39, 0.29) is 12.5 Å². The first-order chi connectivity index (χ1) is 14.7. The van der Waals surface area contributed by atoms with Crippen LogP contribution >= 0.6 is 0 Å². The average Bonchev–Trinajstić information content (AvgIpc) is 3.45. The van der Waals surface area contributed by atoms with E-state index < -0.39 is 5.97 Å². The van der Waals surface area contributed by atoms with Crippen LogP contribution in [0.4, 0.5) is 0 Å². The predicted octanol–water partition coefficient (Wildman–Crippen LogP) is 3.13. The summed E-state index contributed by atoms with van der Waals surface area (Å²) < 4.78 is 17.8. The number of benzene rings is 2. The number of aromatic nitrogens is 5. The van der Waals surface area contributed by atoms with Gasteiger partial charge in [-0.1, -0.05) is 29.4 Å². The summed E-state index contributed by atoms with van der Waals surface area (Å²) in [5, 5.41) is 8.01. The highest BCUT2D eigenvalue weighted by Crippen LogP contribution is 2.27. The maximum atomic E-state index is 12.3. The number of nitrogens with zero attached hydrogens (tertiary/aromatic N) is 5. The summed E-state index contributed by atoms with van der Waals surface area (Å²) in [5.41, 5.74) is 2.13. The molecule has 0 unspecified atom stereocenters. The molecular weight excluding hydrogens is 386 g/mol. The van der Waals surface area contributed by atoms with Gasteiger partial charge in [-0.3, -0.25) is 0 Å². The van der Waals surface area contributed by atoms with Gasteiger partial charge in [0.25, 0.3) is 5.89 Å². The van der Waals surface area contributed by atoms with Crippen LogP contribution in [0, 0.1) is 0 Å². The van der Waals surface area contributed by atoms with E-state index in [1.807, 2.05) is 43.3 Å². The molecule has 9 heteroatoms. The van der Waals surface area contributed by atoms with E-state index in [9.17, 15) is 4.79 Å². The van der Waals surface area contributed by atoms with E-state index in [1.165, 1.54) is 6.33 Å². The molecule has 9 nitrogen and oxygen atoms in total. The summed E-state index contributed by atoms with van der Waals surface area (Å²) in [6, 6.07) is 14.5. The SMILES string of the molecule is CCOc1ccccc1-c1noc(COC(=O)c2ccc(Cn3cncn3)cc2)n1. The molecule has 0 aliphatic rings. The van der Waals surface area contributed by atoms with Crippen LogP contribution in [-0.4, -0.2) is 37.5 Å². The Balaban J connectivity index is 1.36. The fraction of sp³-hybridized carbons (Fsp3) is 0.190. The quantitative estimate of drug-likeness (QED) is 0.412. The van der Waals surface area contributed by atoms with Gasteiger partial charge < -0.3 is 14.0 Å². The topological polar surface area (TPSA) is 105 Å². The predicted molar refractivity (Wildman–Crippen MR) is 106 cm³/mol. The van der Waals surface area contributed by atoms with E-state index in [0.717, 1.165) is 5.56 Å². The largest absolute Gasteiger partial charge is 0.493 e. The van der Waals surface area contributed by atoms with Crippen molar-refractivity contribution in [2.45, 2.75) is 20.1 Å². The van der Waals surface area contributed by atoms with Crippen LogP contribution in [-0.2, 0) is 17.9 Å². The minimum Gasteiger partial charge on any atom is -0.493 e. The second kappa shape index (κ2) is 8.99. The zero-order valence-electron chi connectivity index (χ0n) is 16.3. The molecule has 2 aromatic carbocycles. The number of rotatable bonds is 8. The van der Waals surface area contributed by atoms with Gasteiger partial charge in [-0.15, -0.1) is 0 Å². The van der Waals surface area contributed by atoms with Crippen LogP contribution in [0.15, 0.2) is 65.7 Å². The molecule has 0 saturated heterocycles. The monoisotopic (exact) mass is 405 g/mol. The molecule has 0 saturated carbocycles. The third-order valence-electron chi connectivity index (χ3n) is 4.22. The second-order valence-corrected chi connectivity index (χ2v) is 6.31. The molecule has 0 spiro atoms. The van der Waals surface area contributed by atoms with Crippen LogP contribution < -0.4 is 4.74 Å². The first-order valence-corrected chi connectivity index (χ1v) is 9.36. The van der Waals surface area contributed by atoms with Crippen molar-refractivity contribution in [1.29, 1.82) is 0 Å². The Labute approximate surface area is 172 Å². The molecule has 0 N–H and O–H groups in total. The van der Waals surface area contributed by atoms with Gasteiger partial charge in [0.2, 0.25) is 5.82 Å². The molecule has 0 fully saturated rings. The molecule has 0 aliphatic carbocycles. The van der Waals surface area contributed by atoms with Crippen molar-refractivity contribution in [1.82, 2.24) is 24.9 Å². The lowest BCUT2D eigenvalue weighted by Crippen LogP contribution is -2.06. The van der Waals surface area contributed by atoms with Crippen molar-refractivity contribution in [2.75, 3.05) is 6.61 Å². The molecule has 0 aliphatic heterocycles. The Bertz CT molecular complexity index is 1110. The van der Waals surface area contributed by atoms with Crippen LogP contribution in [0.1, 0.15) is 28.7 Å². The van der Waals surface area contributed by atoms with Crippen molar-refractivity contribution in [3.63, 3.8) is 0 Å². The fourth-order valence-electron chi connectivity index (χ4n) is 2.81. The maximum Gasteiger partial charge on any atom is 0.338 e. The lowest BCUT2D eigenvalue weighted by molar-refractivity contribution is 0.0430. The van der Waals surface area contributed by atoms with Gasteiger partial charge in [-0.05, 0) is 36.8 Å². The Morgan fingerprint density at radius 1 is 1.13 bits per heavy atom. The van der Waals surface area contributed by atoms with Crippen molar-refractivity contribution in [2.24, 2.45) is 0 Å². The summed E-state index contributed by atoms with van der Waals surface area (Å²) in [5.74, 6) is 0.766. The van der Waals surface area contributed by atoms with Gasteiger partial charge in [0.05, 0.1) is 24.3 Å². The Kier molecular flexibility index (Phi) is 5.79. The summed E-state index contributed by atoms with van der Waals surface area (Å²) in [4.78, 5) is 20.5. The molecule has 0 radical (unpaired) electrons. The molecule has 0 atom stereocenters. The average molecular weight is 405 g/mol. The third kappa shape index (κ3) is 4.52. The van der Waals surface area contributed by atoms with Crippen molar-refractivity contribution < 1.29 is 18.8 Å². The lowest BCUT2D eigenvalue weighted by Gasteiger charge is -2.06. The highest BCUT2D eigenvalue weighted by molar-refractivity contribution is 5.89. The molecule has 4 rings (SSSR count). The van der Waals surface area contributed by atoms with Gasteiger partial charge in [-0.2, -0.15) is 10.1 Å². The highest BCUT2D eigenvalue weighted by Gasteiger charge is 2.15. The number of carbonyl (C=O) groups excluding carboxylic acids is 1. The molecule has 2 heterocycles. The number of hydrogen-bond donors (Lipinski definition) is 0. The van der Waals surface area contributed by atoms with Gasteiger partial charge >= 0.3 is 5.97 Å². The number of para-hydroxylation sites is 1. The zero-order chi connectivity index (χ0) is 20.8. The normalized spacial score (nSPS) is 10.7. The number of esters is 1. The maximum absolute atomic E-state index is 12.3. The Hall–Kier alpha value is -4.01. The number of ether oxygens (including phenoxy) is 2. The Morgan fingerprint density at radius 2 is 1.97 bits per heavy atom. The summed E-state index contributed by atoms with van der Waals surface area (Å²) >= 11 is 0. The second-order valence-electron chi connectivity index (χ2n) is 6.31. The molecule has 2 aromatic heterocycles. The lowest BCUT2D eigenvalue weighted by atomic mass is 10.1. The highest BCUT2D eigenvalue weighted by atomic mass is 16.6. The van der Waals surface area contributed by atoms with E-state index in [2.05, 4.69) is 20.2 Å². The zero-order valence-corrected chi connectivity index (χ0v) is 16.3. The standard InChI is InChI=1S/C21H19N5O4/c1-2-28-18-6-4-3-5-17(18)20-24-19(30-25-20)12-29-21(27)16-9-7-15(8-10-16)11-26-14-22-13-23-26/h3-10,13-14H,2,11-12H2,1H3. The van der Waals surface area contributed by atoms with Gasteiger partial charge in [-0.25, -0.2) is 14.5 Å². The molecule has 0 amide bonds. The fourth-order valence-corrected chi connectivity index (χ4v) is 2.81. The van der Waals surface area contributed by atoms with E-state index >= 15 is 0 Å². The minimum atomic E-state index is -0.475. The molecule has 30 heavy (non-hydrogen) atoms. The molecule has 152 valence electrons. The minimum absolute atomic E-state index is 0.122. The van der Waals surface area contributed by atoms with Crippen LogP contribution in [0.25, 0.3) is 11.4 Å². The van der Waals surface area contributed by atoms with E-state index in [0.29, 0.717) is 35.9 Å². The summed E-state index contributed by atoms with van der Waals surface area (Å²) in [6.45, 7) is 2.88. The summed E-state index contributed by atoms with van der Waals surface area (Å²) in [7, 11) is 0. The third-order valence-corrected chi connectivity index (χ3v) is 4.22. The van der Waals surface area contributed by atoms with E-state index in [1.54, 1.807) is 23.1 Å². The number of carbonyl (C=O) groups is 1. The molecular formula is C21H19N5O4. The molecule has 4 aromatic rings. The summed E-state index contributed by atoms with van der Waals surface area (Å²) in [6.07, 6.45) is 3.11. The van der Waals surface area contributed by atoms with Crippen LogP contribution in [0.5, 0.6) is 5.75 Å². The van der Waals surface area contributed by atoms with Gasteiger partial charge in [0, 0.05) is 0 Å². The van der Waals surface area contributed by atoms with Crippen LogP contribution in [0.2, 0.25) is 0 Å². The van der Waals surface area contributed by atoms with E-state index in [4.69, 9.17) is 14.0 Å². The van der Waals surface area contributed by atoms with Crippen molar-refractivity contribution >= 4 is 5.97 Å². The number of hydrogen-bond acceptors (Lipinski definition) is 8. The first kappa shape index (κ1) is 19.3. The molecule has 0 bridgehead atoms. The first-order valence-electron chi connectivity index (χ1n) is 9.36. The van der Waals surface area contributed by atoms with Crippen LogP contribution in [0.3, 0.4) is 0 Å². The Morgan fingerprint density at radius 3 is 2.73 bits per heavy atom. The van der Waals surface area contributed by atoms with Crippen molar-refractivity contribution in [3.8, 4) is 17.1 Å². The smallest absolute Gasteiger partial charge is 0.338 e. The van der Waals surface area contributed by atoms with Gasteiger partial charge in [0.1, 0.15) is 18.4 Å². The van der Waals surface area contributed by atoms with Crippen molar-refractivity contribution in [3.05, 3.63) is 78.2 Å². The van der Waals surface area contributed by atoms with Gasteiger partial charge in [0.15, 0.2) is 6.61 Å².